The Morgan fingerprint density at radius 2 is 1.90 bits per heavy atom. The zero-order chi connectivity index (χ0) is 14.8. The number of hydrogen-bond acceptors (Lipinski definition) is 3. The molecule has 1 rings (SSSR count). The van der Waals surface area contributed by atoms with Crippen molar-refractivity contribution in [3.63, 3.8) is 0 Å². The lowest BCUT2D eigenvalue weighted by molar-refractivity contribution is -0.120. The van der Waals surface area contributed by atoms with Gasteiger partial charge in [-0.05, 0) is 31.9 Å². The smallest absolute Gasteiger partial charge is 0.251 e. The van der Waals surface area contributed by atoms with E-state index in [1.54, 1.807) is 12.1 Å². The van der Waals surface area contributed by atoms with Crippen LogP contribution in [0.3, 0.4) is 0 Å². The molecule has 1 atom stereocenters. The summed E-state index contributed by atoms with van der Waals surface area (Å²) >= 11 is 0. The monoisotopic (exact) mass is 275 g/mol. The summed E-state index contributed by atoms with van der Waals surface area (Å²) in [5, 5.41) is 2.91. The van der Waals surface area contributed by atoms with Gasteiger partial charge in [-0.15, -0.1) is 0 Å². The molecule has 1 amide bonds. The first-order valence-corrected chi connectivity index (χ1v) is 6.94. The Bertz CT molecular complexity index is 442. The molecule has 1 aromatic carbocycles. The summed E-state index contributed by atoms with van der Waals surface area (Å²) in [5.41, 5.74) is 0.640. The van der Waals surface area contributed by atoms with E-state index in [2.05, 4.69) is 5.32 Å². The Morgan fingerprint density at radius 1 is 1.20 bits per heavy atom. The van der Waals surface area contributed by atoms with Crippen molar-refractivity contribution in [3.8, 4) is 0 Å². The molecule has 0 fully saturated rings. The summed E-state index contributed by atoms with van der Waals surface area (Å²) in [6.07, 6.45) is 3.35. The van der Waals surface area contributed by atoms with Crippen molar-refractivity contribution in [2.45, 2.75) is 45.1 Å². The van der Waals surface area contributed by atoms with Gasteiger partial charge < -0.3 is 10.1 Å². The highest BCUT2D eigenvalue weighted by Gasteiger charge is 2.10. The molecule has 20 heavy (non-hydrogen) atoms. The molecule has 0 spiro atoms. The SMILES string of the molecule is C[C@@H](CCCC(=O)CCC=O)NC(=O)c1ccccc1. The van der Waals surface area contributed by atoms with Crippen LogP contribution < -0.4 is 5.32 Å². The van der Waals surface area contributed by atoms with Gasteiger partial charge in [0.25, 0.3) is 5.91 Å². The number of aldehydes is 1. The van der Waals surface area contributed by atoms with Crippen LogP contribution >= 0.6 is 0 Å². The molecule has 1 N–H and O–H groups in total. The maximum atomic E-state index is 11.9. The Hall–Kier alpha value is -1.97. The summed E-state index contributed by atoms with van der Waals surface area (Å²) in [7, 11) is 0. The Labute approximate surface area is 119 Å². The summed E-state index contributed by atoms with van der Waals surface area (Å²) in [6, 6.07) is 9.08. The maximum absolute atomic E-state index is 11.9. The van der Waals surface area contributed by atoms with Crippen LogP contribution in [0.5, 0.6) is 0 Å². The molecule has 1 aromatic rings. The van der Waals surface area contributed by atoms with Gasteiger partial charge in [-0.25, -0.2) is 0 Å². The molecule has 0 aliphatic rings. The summed E-state index contributed by atoms with van der Waals surface area (Å²) in [5.74, 6) is 0.0177. The summed E-state index contributed by atoms with van der Waals surface area (Å²) < 4.78 is 0. The lowest BCUT2D eigenvalue weighted by atomic mass is 10.1. The first kappa shape index (κ1) is 16.1. The second-order valence-electron chi connectivity index (χ2n) is 4.88. The Morgan fingerprint density at radius 3 is 2.55 bits per heavy atom. The van der Waals surface area contributed by atoms with Crippen molar-refractivity contribution in [2.24, 2.45) is 0 Å². The number of ketones is 1. The largest absolute Gasteiger partial charge is 0.350 e. The normalized spacial score (nSPS) is 11.7. The highest BCUT2D eigenvalue weighted by molar-refractivity contribution is 5.94. The molecule has 0 radical (unpaired) electrons. The van der Waals surface area contributed by atoms with Crippen LogP contribution in [0, 0.1) is 0 Å². The number of carbonyl (C=O) groups is 3. The fourth-order valence-electron chi connectivity index (χ4n) is 1.92. The molecule has 4 heteroatoms. The lowest BCUT2D eigenvalue weighted by Gasteiger charge is -2.13. The average Bonchev–Trinajstić information content (AvgIpc) is 2.46. The third-order valence-electron chi connectivity index (χ3n) is 3.05. The van der Waals surface area contributed by atoms with Crippen molar-refractivity contribution >= 4 is 18.0 Å². The van der Waals surface area contributed by atoms with Crippen molar-refractivity contribution in [1.29, 1.82) is 0 Å². The topological polar surface area (TPSA) is 63.2 Å². The molecule has 0 heterocycles. The molecule has 0 aliphatic heterocycles. The van der Waals surface area contributed by atoms with Gasteiger partial charge in [0.1, 0.15) is 12.1 Å². The molecule has 0 unspecified atom stereocenters. The van der Waals surface area contributed by atoms with Gasteiger partial charge in [-0.1, -0.05) is 18.2 Å². The van der Waals surface area contributed by atoms with E-state index in [1.807, 2.05) is 25.1 Å². The molecular weight excluding hydrogens is 254 g/mol. The minimum Gasteiger partial charge on any atom is -0.350 e. The number of nitrogens with one attached hydrogen (secondary N) is 1. The van der Waals surface area contributed by atoms with Crippen molar-refractivity contribution in [3.05, 3.63) is 35.9 Å². The molecule has 0 saturated carbocycles. The van der Waals surface area contributed by atoms with E-state index in [9.17, 15) is 14.4 Å². The highest BCUT2D eigenvalue weighted by Crippen LogP contribution is 2.05. The number of hydrogen-bond donors (Lipinski definition) is 1. The van der Waals surface area contributed by atoms with Gasteiger partial charge in [0.15, 0.2) is 0 Å². The number of amides is 1. The van der Waals surface area contributed by atoms with E-state index < -0.39 is 0 Å². The quantitative estimate of drug-likeness (QED) is 0.704. The van der Waals surface area contributed by atoms with E-state index in [4.69, 9.17) is 0 Å². The van der Waals surface area contributed by atoms with Crippen LogP contribution in [0.25, 0.3) is 0 Å². The molecule has 0 aromatic heterocycles. The fourth-order valence-corrected chi connectivity index (χ4v) is 1.92. The van der Waals surface area contributed by atoms with Crippen molar-refractivity contribution < 1.29 is 14.4 Å². The van der Waals surface area contributed by atoms with E-state index in [1.165, 1.54) is 0 Å². The van der Waals surface area contributed by atoms with Gasteiger partial charge >= 0.3 is 0 Å². The zero-order valence-corrected chi connectivity index (χ0v) is 11.8. The van der Waals surface area contributed by atoms with Gasteiger partial charge in [0.2, 0.25) is 0 Å². The first-order chi connectivity index (χ1) is 9.63. The van der Waals surface area contributed by atoms with Gasteiger partial charge in [0, 0.05) is 30.9 Å². The zero-order valence-electron chi connectivity index (χ0n) is 11.8. The molecule has 0 saturated heterocycles. The van der Waals surface area contributed by atoms with E-state index in [-0.39, 0.29) is 17.7 Å². The summed E-state index contributed by atoms with van der Waals surface area (Å²) in [6.45, 7) is 1.93. The van der Waals surface area contributed by atoms with E-state index in [0.717, 1.165) is 19.1 Å². The second-order valence-corrected chi connectivity index (χ2v) is 4.88. The maximum Gasteiger partial charge on any atom is 0.251 e. The first-order valence-electron chi connectivity index (χ1n) is 6.94. The highest BCUT2D eigenvalue weighted by atomic mass is 16.1. The number of benzene rings is 1. The second kappa shape index (κ2) is 9.02. The molecular formula is C16H21NO3. The van der Waals surface area contributed by atoms with Crippen LogP contribution in [0.1, 0.15) is 49.4 Å². The van der Waals surface area contributed by atoms with Crippen LogP contribution in [-0.4, -0.2) is 24.0 Å². The van der Waals surface area contributed by atoms with Crippen LogP contribution in [0.4, 0.5) is 0 Å². The average molecular weight is 275 g/mol. The predicted molar refractivity (Wildman–Crippen MR) is 77.5 cm³/mol. The van der Waals surface area contributed by atoms with Crippen LogP contribution in [0.15, 0.2) is 30.3 Å². The Balaban J connectivity index is 2.23. The molecule has 4 nitrogen and oxygen atoms in total. The van der Waals surface area contributed by atoms with Crippen molar-refractivity contribution in [1.82, 2.24) is 5.32 Å². The van der Waals surface area contributed by atoms with Gasteiger partial charge in [-0.2, -0.15) is 0 Å². The third-order valence-corrected chi connectivity index (χ3v) is 3.05. The fraction of sp³-hybridized carbons (Fsp3) is 0.438. The minimum absolute atomic E-state index is 0.0292. The van der Waals surface area contributed by atoms with Crippen LogP contribution in [0.2, 0.25) is 0 Å². The van der Waals surface area contributed by atoms with E-state index in [0.29, 0.717) is 24.8 Å². The number of rotatable bonds is 9. The molecule has 108 valence electrons. The standard InChI is InChI=1S/C16H21NO3/c1-13(7-5-10-15(19)11-6-12-18)17-16(20)14-8-3-2-4-9-14/h2-4,8-9,12-13H,5-7,10-11H2,1H3,(H,17,20)/t13-/m0/s1. The van der Waals surface area contributed by atoms with Crippen molar-refractivity contribution in [2.75, 3.05) is 0 Å². The number of carbonyl (C=O) groups excluding carboxylic acids is 3. The van der Waals surface area contributed by atoms with Gasteiger partial charge in [0.05, 0.1) is 0 Å². The number of Topliss-reactive ketones (excluding diaryl/α,β-unsaturated/α-hetero) is 1. The molecule has 0 bridgehead atoms. The Kier molecular flexibility index (Phi) is 7.25. The summed E-state index contributed by atoms with van der Waals surface area (Å²) in [4.78, 5) is 33.4. The molecule has 0 aliphatic carbocycles. The van der Waals surface area contributed by atoms with Crippen LogP contribution in [-0.2, 0) is 9.59 Å². The predicted octanol–water partition coefficient (Wildman–Crippen LogP) is 2.52. The minimum atomic E-state index is -0.0922. The lowest BCUT2D eigenvalue weighted by Crippen LogP contribution is -2.32. The van der Waals surface area contributed by atoms with E-state index >= 15 is 0 Å². The third kappa shape index (κ3) is 6.27. The van der Waals surface area contributed by atoms with Gasteiger partial charge in [-0.3, -0.25) is 9.59 Å².